The third-order valence-electron chi connectivity index (χ3n) is 3.32. The number of fused-ring (bicyclic) bond motifs is 1. The van der Waals surface area contributed by atoms with Gasteiger partial charge in [0.05, 0.1) is 10.4 Å². The molecule has 0 unspecified atom stereocenters. The lowest BCUT2D eigenvalue weighted by molar-refractivity contribution is 0.104. The third kappa shape index (κ3) is 2.37. The van der Waals surface area contributed by atoms with Gasteiger partial charge < -0.3 is 0 Å². The SMILES string of the molecule is CCc1ccc(C(=O)c2ccc3nc(C)ccc3c2)s1. The summed E-state index contributed by atoms with van der Waals surface area (Å²) in [6, 6.07) is 13.6. The molecule has 0 aliphatic heterocycles. The van der Waals surface area contributed by atoms with Gasteiger partial charge in [-0.05, 0) is 49.7 Å². The van der Waals surface area contributed by atoms with Gasteiger partial charge >= 0.3 is 0 Å². The van der Waals surface area contributed by atoms with Crippen molar-refractivity contribution in [3.05, 3.63) is 63.5 Å². The molecular weight excluding hydrogens is 266 g/mol. The highest BCUT2D eigenvalue weighted by molar-refractivity contribution is 7.14. The van der Waals surface area contributed by atoms with Crippen molar-refractivity contribution in [2.45, 2.75) is 20.3 Å². The predicted octanol–water partition coefficient (Wildman–Crippen LogP) is 4.40. The van der Waals surface area contributed by atoms with Gasteiger partial charge in [0.1, 0.15) is 0 Å². The summed E-state index contributed by atoms with van der Waals surface area (Å²) in [5.41, 5.74) is 2.65. The van der Waals surface area contributed by atoms with Crippen LogP contribution in [0.25, 0.3) is 10.9 Å². The quantitative estimate of drug-likeness (QED) is 0.666. The van der Waals surface area contributed by atoms with E-state index in [1.54, 1.807) is 11.3 Å². The second kappa shape index (κ2) is 5.17. The highest BCUT2D eigenvalue weighted by Crippen LogP contribution is 2.22. The minimum atomic E-state index is 0.0946. The van der Waals surface area contributed by atoms with Gasteiger partial charge in [-0.15, -0.1) is 11.3 Å². The number of benzene rings is 1. The summed E-state index contributed by atoms with van der Waals surface area (Å²) < 4.78 is 0. The van der Waals surface area contributed by atoms with Crippen molar-refractivity contribution >= 4 is 28.0 Å². The van der Waals surface area contributed by atoms with Gasteiger partial charge in [-0.25, -0.2) is 0 Å². The molecule has 0 fully saturated rings. The fourth-order valence-electron chi connectivity index (χ4n) is 2.20. The van der Waals surface area contributed by atoms with Crippen LogP contribution >= 0.6 is 11.3 Å². The summed E-state index contributed by atoms with van der Waals surface area (Å²) in [4.78, 5) is 19.0. The summed E-state index contributed by atoms with van der Waals surface area (Å²) in [5.74, 6) is 0.0946. The number of ketones is 1. The maximum absolute atomic E-state index is 12.5. The van der Waals surface area contributed by atoms with E-state index in [0.717, 1.165) is 33.5 Å². The summed E-state index contributed by atoms with van der Waals surface area (Å²) in [5, 5.41) is 1.01. The minimum absolute atomic E-state index is 0.0946. The van der Waals surface area contributed by atoms with E-state index in [1.165, 1.54) is 4.88 Å². The predicted molar refractivity (Wildman–Crippen MR) is 83.6 cm³/mol. The maximum Gasteiger partial charge on any atom is 0.202 e. The van der Waals surface area contributed by atoms with Crippen LogP contribution < -0.4 is 0 Å². The van der Waals surface area contributed by atoms with Crippen LogP contribution in [-0.2, 0) is 6.42 Å². The van der Waals surface area contributed by atoms with Crippen molar-refractivity contribution in [1.29, 1.82) is 0 Å². The number of aryl methyl sites for hydroxylation is 2. The third-order valence-corrected chi connectivity index (χ3v) is 4.55. The molecule has 3 rings (SSSR count). The van der Waals surface area contributed by atoms with Gasteiger partial charge in [0.25, 0.3) is 0 Å². The second-order valence-electron chi connectivity index (χ2n) is 4.81. The number of hydrogen-bond donors (Lipinski definition) is 0. The molecule has 0 bridgehead atoms. The molecule has 20 heavy (non-hydrogen) atoms. The van der Waals surface area contributed by atoms with Crippen molar-refractivity contribution in [3.63, 3.8) is 0 Å². The molecule has 100 valence electrons. The van der Waals surface area contributed by atoms with E-state index in [1.807, 2.05) is 49.4 Å². The van der Waals surface area contributed by atoms with Crippen molar-refractivity contribution in [2.24, 2.45) is 0 Å². The second-order valence-corrected chi connectivity index (χ2v) is 5.98. The topological polar surface area (TPSA) is 30.0 Å². The summed E-state index contributed by atoms with van der Waals surface area (Å²) in [7, 11) is 0. The zero-order valence-corrected chi connectivity index (χ0v) is 12.3. The Hall–Kier alpha value is -2.00. The molecule has 0 N–H and O–H groups in total. The van der Waals surface area contributed by atoms with Gasteiger partial charge in [0.2, 0.25) is 5.78 Å². The number of nitrogens with zero attached hydrogens (tertiary/aromatic N) is 1. The van der Waals surface area contributed by atoms with Crippen molar-refractivity contribution < 1.29 is 4.79 Å². The normalized spacial score (nSPS) is 10.9. The fourth-order valence-corrected chi connectivity index (χ4v) is 3.11. The smallest absolute Gasteiger partial charge is 0.202 e. The molecule has 2 aromatic heterocycles. The monoisotopic (exact) mass is 281 g/mol. The molecule has 1 aromatic carbocycles. The van der Waals surface area contributed by atoms with Gasteiger partial charge in [-0.1, -0.05) is 13.0 Å². The Labute approximate surface area is 122 Å². The van der Waals surface area contributed by atoms with Crippen LogP contribution in [0.15, 0.2) is 42.5 Å². The molecule has 0 atom stereocenters. The molecule has 0 saturated heterocycles. The number of carbonyl (C=O) groups excluding carboxylic acids is 1. The van der Waals surface area contributed by atoms with E-state index in [4.69, 9.17) is 0 Å². The number of rotatable bonds is 3. The number of hydrogen-bond acceptors (Lipinski definition) is 3. The average molecular weight is 281 g/mol. The lowest BCUT2D eigenvalue weighted by Crippen LogP contribution is -1.98. The molecular formula is C17H15NOS. The molecule has 2 heterocycles. The first-order valence-electron chi connectivity index (χ1n) is 6.68. The van der Waals surface area contributed by atoms with E-state index in [2.05, 4.69) is 11.9 Å². The lowest BCUT2D eigenvalue weighted by atomic mass is 10.1. The Kier molecular flexibility index (Phi) is 3.36. The van der Waals surface area contributed by atoms with Crippen molar-refractivity contribution in [2.75, 3.05) is 0 Å². The Morgan fingerprint density at radius 1 is 1.15 bits per heavy atom. The van der Waals surface area contributed by atoms with Gasteiger partial charge in [0.15, 0.2) is 0 Å². The van der Waals surface area contributed by atoms with Crippen LogP contribution in [0.5, 0.6) is 0 Å². The highest BCUT2D eigenvalue weighted by Gasteiger charge is 2.12. The van der Waals surface area contributed by atoms with Gasteiger partial charge in [0, 0.05) is 21.5 Å². The van der Waals surface area contributed by atoms with Crippen LogP contribution in [0.3, 0.4) is 0 Å². The van der Waals surface area contributed by atoms with Crippen LogP contribution in [0.4, 0.5) is 0 Å². The highest BCUT2D eigenvalue weighted by atomic mass is 32.1. The molecule has 3 aromatic rings. The first-order chi connectivity index (χ1) is 9.67. The zero-order chi connectivity index (χ0) is 14.1. The number of aromatic nitrogens is 1. The average Bonchev–Trinajstić information content (AvgIpc) is 2.95. The number of thiophene rings is 1. The van der Waals surface area contributed by atoms with Gasteiger partial charge in [-0.2, -0.15) is 0 Å². The van der Waals surface area contributed by atoms with E-state index in [9.17, 15) is 4.79 Å². The largest absolute Gasteiger partial charge is 0.288 e. The summed E-state index contributed by atoms with van der Waals surface area (Å²) in [6.07, 6.45) is 0.971. The Morgan fingerprint density at radius 3 is 2.75 bits per heavy atom. The molecule has 0 spiro atoms. The molecule has 3 heteroatoms. The van der Waals surface area contributed by atoms with Gasteiger partial charge in [-0.3, -0.25) is 9.78 Å². The first kappa shape index (κ1) is 13.0. The van der Waals surface area contributed by atoms with Crippen LogP contribution in [0.1, 0.15) is 32.7 Å². The van der Waals surface area contributed by atoms with E-state index in [-0.39, 0.29) is 5.78 Å². The van der Waals surface area contributed by atoms with Crippen molar-refractivity contribution in [1.82, 2.24) is 4.98 Å². The fraction of sp³-hybridized carbons (Fsp3) is 0.176. The van der Waals surface area contributed by atoms with Crippen molar-refractivity contribution in [3.8, 4) is 0 Å². The first-order valence-corrected chi connectivity index (χ1v) is 7.50. The lowest BCUT2D eigenvalue weighted by Gasteiger charge is -2.02. The van der Waals surface area contributed by atoms with Crippen LogP contribution in [0, 0.1) is 6.92 Å². The van der Waals surface area contributed by atoms with E-state index >= 15 is 0 Å². The zero-order valence-electron chi connectivity index (χ0n) is 11.5. The Balaban J connectivity index is 2.01. The molecule has 2 nitrogen and oxygen atoms in total. The number of pyridine rings is 1. The van der Waals surface area contributed by atoms with E-state index in [0.29, 0.717) is 0 Å². The molecule has 0 radical (unpaired) electrons. The van der Waals surface area contributed by atoms with Crippen LogP contribution in [0.2, 0.25) is 0 Å². The molecule has 0 aliphatic rings. The summed E-state index contributed by atoms with van der Waals surface area (Å²) in [6.45, 7) is 4.07. The Bertz CT molecular complexity index is 789. The standard InChI is InChI=1S/C17H15NOS/c1-3-14-7-9-16(20-14)17(19)13-6-8-15-12(10-13)5-4-11(2)18-15/h4-10H,3H2,1-2H3. The Morgan fingerprint density at radius 2 is 2.00 bits per heavy atom. The molecule has 0 amide bonds. The maximum atomic E-state index is 12.5. The number of carbonyl (C=O) groups is 1. The van der Waals surface area contributed by atoms with E-state index < -0.39 is 0 Å². The minimum Gasteiger partial charge on any atom is -0.288 e. The summed E-state index contributed by atoms with van der Waals surface area (Å²) >= 11 is 1.58. The molecule has 0 aliphatic carbocycles. The molecule has 0 saturated carbocycles. The van der Waals surface area contributed by atoms with Crippen LogP contribution in [-0.4, -0.2) is 10.8 Å².